The lowest BCUT2D eigenvalue weighted by Crippen LogP contribution is -2.78. The van der Waals surface area contributed by atoms with Gasteiger partial charge in [0.1, 0.15) is 10.9 Å². The molecule has 1 saturated heterocycles. The number of amides is 1. The first-order valence-corrected chi connectivity index (χ1v) is 9.67. The second-order valence-electron chi connectivity index (χ2n) is 7.82. The van der Waals surface area contributed by atoms with Crippen LogP contribution in [0.15, 0.2) is 36.7 Å². The van der Waals surface area contributed by atoms with E-state index in [1.807, 2.05) is 24.5 Å². The van der Waals surface area contributed by atoms with Crippen LogP contribution in [0.1, 0.15) is 53.3 Å². The zero-order valence-corrected chi connectivity index (χ0v) is 14.8. The summed E-state index contributed by atoms with van der Waals surface area (Å²) in [5.41, 5.74) is 1.81. The quantitative estimate of drug-likeness (QED) is 0.851. The van der Waals surface area contributed by atoms with Crippen molar-refractivity contribution in [3.63, 3.8) is 0 Å². The summed E-state index contributed by atoms with van der Waals surface area (Å²) in [4.78, 5) is 21.0. The Labute approximate surface area is 151 Å². The van der Waals surface area contributed by atoms with Gasteiger partial charge in [-0.1, -0.05) is 0 Å². The average molecular weight is 349 g/mol. The number of nitriles is 1. The Balaban J connectivity index is 1.27. The molecule has 1 aliphatic heterocycles. The summed E-state index contributed by atoms with van der Waals surface area (Å²) in [7, 11) is 0. The normalized spacial score (nSPS) is 33.3. The Morgan fingerprint density at radius 2 is 1.96 bits per heavy atom. The lowest BCUT2D eigenvalue weighted by atomic mass is 9.37. The van der Waals surface area contributed by atoms with E-state index >= 15 is 0 Å². The van der Waals surface area contributed by atoms with Crippen LogP contribution in [-0.2, 0) is 10.2 Å². The summed E-state index contributed by atoms with van der Waals surface area (Å²) in [5, 5.41) is 8.99. The second-order valence-corrected chi connectivity index (χ2v) is 8.94. The highest BCUT2D eigenvalue weighted by molar-refractivity contribution is 7.12. The Morgan fingerprint density at radius 3 is 2.60 bits per heavy atom. The summed E-state index contributed by atoms with van der Waals surface area (Å²) in [6.45, 7) is 0.857. The fourth-order valence-corrected chi connectivity index (χ4v) is 6.18. The molecule has 1 unspecified atom stereocenters. The number of likely N-dealkylation sites (tertiary alicyclic amines) is 1. The summed E-state index contributed by atoms with van der Waals surface area (Å²) in [6, 6.07) is 10.3. The molecular formula is C20H19N3OS. The van der Waals surface area contributed by atoms with Gasteiger partial charge >= 0.3 is 0 Å². The molecular weight excluding hydrogens is 330 g/mol. The van der Waals surface area contributed by atoms with Crippen LogP contribution in [0.5, 0.6) is 0 Å². The zero-order valence-electron chi connectivity index (χ0n) is 13.9. The fraction of sp³-hybridized carbons (Fsp3) is 0.450. The summed E-state index contributed by atoms with van der Waals surface area (Å²) < 4.78 is 0. The van der Waals surface area contributed by atoms with E-state index in [0.29, 0.717) is 17.7 Å². The topological polar surface area (TPSA) is 57.0 Å². The Hall–Kier alpha value is -2.19. The molecule has 3 heterocycles. The van der Waals surface area contributed by atoms with E-state index in [1.165, 1.54) is 21.8 Å². The van der Waals surface area contributed by atoms with Crippen LogP contribution in [0.4, 0.5) is 0 Å². The molecule has 0 spiro atoms. The molecule has 2 aromatic heterocycles. The minimum absolute atomic E-state index is 0.124. The molecule has 1 atom stereocenters. The number of carbonyl (C=O) groups excluding carboxylic acids is 1. The lowest BCUT2D eigenvalue weighted by molar-refractivity contribution is -0.189. The molecule has 6 rings (SSSR count). The number of thiophene rings is 1. The molecule has 4 nitrogen and oxygen atoms in total. The highest BCUT2D eigenvalue weighted by atomic mass is 32.1. The number of nitrogens with zero attached hydrogens (tertiary/aromatic N) is 3. The van der Waals surface area contributed by atoms with Crippen molar-refractivity contribution < 1.29 is 4.79 Å². The van der Waals surface area contributed by atoms with Gasteiger partial charge in [-0.2, -0.15) is 5.26 Å². The molecule has 0 aromatic carbocycles. The number of carbonyl (C=O) groups is 1. The van der Waals surface area contributed by atoms with Crippen molar-refractivity contribution in [1.29, 1.82) is 5.26 Å². The third kappa shape index (κ3) is 2.10. The van der Waals surface area contributed by atoms with Crippen LogP contribution < -0.4 is 0 Å². The maximum Gasteiger partial charge on any atom is 0.223 e. The first-order valence-electron chi connectivity index (χ1n) is 8.85. The van der Waals surface area contributed by atoms with Gasteiger partial charge in [-0.15, -0.1) is 11.3 Å². The lowest BCUT2D eigenvalue weighted by Gasteiger charge is -2.74. The third-order valence-electron chi connectivity index (χ3n) is 6.43. The largest absolute Gasteiger partial charge is 0.337 e. The summed E-state index contributed by atoms with van der Waals surface area (Å²) in [6.07, 6.45) is 8.68. The number of pyridine rings is 1. The van der Waals surface area contributed by atoms with Gasteiger partial charge in [0.15, 0.2) is 0 Å². The van der Waals surface area contributed by atoms with E-state index in [9.17, 15) is 4.79 Å². The highest BCUT2D eigenvalue weighted by Gasteiger charge is 2.71. The van der Waals surface area contributed by atoms with Gasteiger partial charge in [0.2, 0.25) is 5.91 Å². The van der Waals surface area contributed by atoms with E-state index in [1.54, 1.807) is 0 Å². The minimum atomic E-state index is 0.124. The molecule has 0 N–H and O–H groups in total. The molecule has 25 heavy (non-hydrogen) atoms. The molecule has 126 valence electrons. The van der Waals surface area contributed by atoms with Gasteiger partial charge in [0, 0.05) is 47.1 Å². The smallest absolute Gasteiger partial charge is 0.223 e. The molecule has 5 heteroatoms. The van der Waals surface area contributed by atoms with Gasteiger partial charge < -0.3 is 4.90 Å². The first-order chi connectivity index (χ1) is 12.1. The van der Waals surface area contributed by atoms with Gasteiger partial charge in [-0.3, -0.25) is 9.78 Å². The summed E-state index contributed by atoms with van der Waals surface area (Å²) >= 11 is 1.54. The second kappa shape index (κ2) is 5.15. The first kappa shape index (κ1) is 15.1. The van der Waals surface area contributed by atoms with Gasteiger partial charge in [0.25, 0.3) is 0 Å². The van der Waals surface area contributed by atoms with E-state index in [4.69, 9.17) is 5.26 Å². The molecule has 0 radical (unpaired) electrons. The van der Waals surface area contributed by atoms with Crippen LogP contribution in [0.25, 0.3) is 0 Å². The van der Waals surface area contributed by atoms with E-state index in [0.717, 1.165) is 37.1 Å². The predicted octanol–water partition coefficient (Wildman–Crippen LogP) is 3.60. The fourth-order valence-electron chi connectivity index (χ4n) is 5.24. The van der Waals surface area contributed by atoms with Crippen LogP contribution in [-0.4, -0.2) is 27.9 Å². The Bertz CT molecular complexity index is 862. The van der Waals surface area contributed by atoms with Crippen molar-refractivity contribution in [3.8, 4) is 6.07 Å². The van der Waals surface area contributed by atoms with E-state index in [-0.39, 0.29) is 11.5 Å². The van der Waals surface area contributed by atoms with Gasteiger partial charge in [0.05, 0.1) is 0 Å². The monoisotopic (exact) mass is 349 g/mol. The van der Waals surface area contributed by atoms with Crippen LogP contribution in [0.2, 0.25) is 0 Å². The van der Waals surface area contributed by atoms with Crippen molar-refractivity contribution in [1.82, 2.24) is 9.88 Å². The van der Waals surface area contributed by atoms with Crippen LogP contribution >= 0.6 is 11.3 Å². The number of hydrogen-bond donors (Lipinski definition) is 0. The summed E-state index contributed by atoms with van der Waals surface area (Å²) in [5.74, 6) is 0.587. The minimum Gasteiger partial charge on any atom is -0.337 e. The average Bonchev–Trinajstić information content (AvgIpc) is 3.04. The number of piperidine rings is 1. The Morgan fingerprint density at radius 1 is 1.20 bits per heavy atom. The molecule has 3 saturated carbocycles. The van der Waals surface area contributed by atoms with Crippen molar-refractivity contribution in [2.75, 3.05) is 6.54 Å². The SMILES string of the molecule is N#Cc1ccc(C2CCN(C34CC(c5ccncc5)(C3)C4)C(=O)C2)s1. The Kier molecular flexibility index (Phi) is 3.11. The van der Waals surface area contributed by atoms with E-state index in [2.05, 4.69) is 28.1 Å². The number of aromatic nitrogens is 1. The van der Waals surface area contributed by atoms with Crippen molar-refractivity contribution in [2.45, 2.75) is 49.0 Å². The van der Waals surface area contributed by atoms with E-state index < -0.39 is 0 Å². The van der Waals surface area contributed by atoms with Gasteiger partial charge in [-0.25, -0.2) is 0 Å². The number of rotatable bonds is 3. The van der Waals surface area contributed by atoms with Crippen molar-refractivity contribution >= 4 is 17.2 Å². The zero-order chi connectivity index (χ0) is 17.1. The van der Waals surface area contributed by atoms with Crippen molar-refractivity contribution in [2.24, 2.45) is 0 Å². The molecule has 2 aromatic rings. The maximum atomic E-state index is 12.8. The highest BCUT2D eigenvalue weighted by Crippen LogP contribution is 2.70. The molecule has 1 amide bonds. The molecule has 4 aliphatic rings. The maximum absolute atomic E-state index is 12.8. The molecule has 3 aliphatic carbocycles. The molecule has 2 bridgehead atoms. The van der Waals surface area contributed by atoms with Crippen LogP contribution in [0, 0.1) is 11.3 Å². The predicted molar refractivity (Wildman–Crippen MR) is 95.2 cm³/mol. The molecule has 4 fully saturated rings. The standard InChI is InChI=1S/C20H19N3OS/c21-10-16-1-2-17(25-16)14-5-8-23(18(24)9-14)20-11-19(12-20,13-20)15-3-6-22-7-4-15/h1-4,6-7,14H,5,8-9,11-13H2. The van der Waals surface area contributed by atoms with Gasteiger partial charge in [-0.05, 0) is 55.5 Å². The van der Waals surface area contributed by atoms with Crippen molar-refractivity contribution in [3.05, 3.63) is 52.0 Å². The van der Waals surface area contributed by atoms with Crippen LogP contribution in [0.3, 0.4) is 0 Å². The number of hydrogen-bond acceptors (Lipinski definition) is 4. The third-order valence-corrected chi connectivity index (χ3v) is 7.58.